The van der Waals surface area contributed by atoms with Crippen molar-refractivity contribution in [1.29, 1.82) is 0 Å². The van der Waals surface area contributed by atoms with Gasteiger partial charge in [-0.2, -0.15) is 0 Å². The number of benzene rings is 1. The van der Waals surface area contributed by atoms with Gasteiger partial charge in [-0.05, 0) is 37.5 Å². The molecule has 2 amide bonds. The van der Waals surface area contributed by atoms with Gasteiger partial charge >= 0.3 is 6.09 Å². The van der Waals surface area contributed by atoms with E-state index in [0.717, 1.165) is 5.69 Å². The summed E-state index contributed by atoms with van der Waals surface area (Å²) in [4.78, 5) is 28.0. The van der Waals surface area contributed by atoms with Crippen LogP contribution in [-0.2, 0) is 9.53 Å². The van der Waals surface area contributed by atoms with Crippen molar-refractivity contribution in [2.24, 2.45) is 0 Å². The average molecular weight is 347 g/mol. The normalized spacial score (nSPS) is 16.6. The SMILES string of the molecule is CCOC(=O)N1CCN(C(C)C(=O)Nc2ccc(C(C)C)cc2)CC1. The summed E-state index contributed by atoms with van der Waals surface area (Å²) in [6, 6.07) is 7.73. The predicted molar refractivity (Wildman–Crippen MR) is 98.8 cm³/mol. The van der Waals surface area contributed by atoms with Crippen molar-refractivity contribution in [3.05, 3.63) is 29.8 Å². The lowest BCUT2D eigenvalue weighted by molar-refractivity contribution is -0.121. The third-order valence-corrected chi connectivity index (χ3v) is 4.61. The number of anilines is 1. The van der Waals surface area contributed by atoms with Crippen molar-refractivity contribution in [1.82, 2.24) is 9.80 Å². The Morgan fingerprint density at radius 1 is 1.08 bits per heavy atom. The molecule has 1 saturated heterocycles. The van der Waals surface area contributed by atoms with Gasteiger partial charge in [0.05, 0.1) is 12.6 Å². The Kier molecular flexibility index (Phi) is 6.82. The number of piperazine rings is 1. The summed E-state index contributed by atoms with van der Waals surface area (Å²) in [6.45, 7) is 10.9. The summed E-state index contributed by atoms with van der Waals surface area (Å²) in [7, 11) is 0. The number of hydrogen-bond acceptors (Lipinski definition) is 4. The van der Waals surface area contributed by atoms with Crippen LogP contribution >= 0.6 is 0 Å². The first-order valence-corrected chi connectivity index (χ1v) is 8.99. The molecule has 138 valence electrons. The molecule has 1 aromatic carbocycles. The molecule has 25 heavy (non-hydrogen) atoms. The first kappa shape index (κ1) is 19.2. The van der Waals surface area contributed by atoms with Crippen molar-refractivity contribution in [3.8, 4) is 0 Å². The van der Waals surface area contributed by atoms with E-state index in [2.05, 4.69) is 24.1 Å². The summed E-state index contributed by atoms with van der Waals surface area (Å²) in [5.41, 5.74) is 2.06. The van der Waals surface area contributed by atoms with E-state index in [1.807, 2.05) is 31.2 Å². The van der Waals surface area contributed by atoms with E-state index in [4.69, 9.17) is 4.74 Å². The second-order valence-electron chi connectivity index (χ2n) is 6.66. The molecular formula is C19H29N3O3. The first-order chi connectivity index (χ1) is 11.9. The first-order valence-electron chi connectivity index (χ1n) is 8.99. The van der Waals surface area contributed by atoms with Crippen molar-refractivity contribution in [2.75, 3.05) is 38.1 Å². The van der Waals surface area contributed by atoms with Crippen LogP contribution < -0.4 is 5.32 Å². The molecule has 1 fully saturated rings. The van der Waals surface area contributed by atoms with Gasteiger partial charge in [-0.1, -0.05) is 26.0 Å². The quantitative estimate of drug-likeness (QED) is 0.890. The van der Waals surface area contributed by atoms with Crippen LogP contribution in [0.25, 0.3) is 0 Å². The summed E-state index contributed by atoms with van der Waals surface area (Å²) in [5, 5.41) is 2.97. The zero-order chi connectivity index (χ0) is 18.4. The van der Waals surface area contributed by atoms with Crippen LogP contribution in [0.2, 0.25) is 0 Å². The van der Waals surface area contributed by atoms with Gasteiger partial charge in [0, 0.05) is 31.9 Å². The Bertz CT molecular complexity index is 578. The third kappa shape index (κ3) is 5.19. The number of nitrogens with one attached hydrogen (secondary N) is 1. The molecule has 2 rings (SSSR count). The van der Waals surface area contributed by atoms with Crippen molar-refractivity contribution < 1.29 is 14.3 Å². The second-order valence-corrected chi connectivity index (χ2v) is 6.66. The standard InChI is InChI=1S/C19H29N3O3/c1-5-25-19(24)22-12-10-21(11-13-22)15(4)18(23)20-17-8-6-16(7-9-17)14(2)3/h6-9,14-15H,5,10-13H2,1-4H3,(H,20,23). The highest BCUT2D eigenvalue weighted by atomic mass is 16.6. The van der Waals surface area contributed by atoms with Gasteiger partial charge in [0.2, 0.25) is 5.91 Å². The van der Waals surface area contributed by atoms with E-state index in [1.165, 1.54) is 5.56 Å². The highest BCUT2D eigenvalue weighted by Gasteiger charge is 2.27. The van der Waals surface area contributed by atoms with Gasteiger partial charge in [0.25, 0.3) is 0 Å². The highest BCUT2D eigenvalue weighted by molar-refractivity contribution is 5.94. The van der Waals surface area contributed by atoms with Crippen LogP contribution in [-0.4, -0.2) is 60.6 Å². The zero-order valence-electron chi connectivity index (χ0n) is 15.6. The Balaban J connectivity index is 1.85. The van der Waals surface area contributed by atoms with Crippen molar-refractivity contribution in [3.63, 3.8) is 0 Å². The second kappa shape index (κ2) is 8.85. The molecule has 0 aromatic heterocycles. The maximum Gasteiger partial charge on any atom is 0.409 e. The molecule has 0 radical (unpaired) electrons. The number of carbonyl (C=O) groups excluding carboxylic acids is 2. The molecule has 1 aliphatic rings. The van der Waals surface area contributed by atoms with E-state index in [-0.39, 0.29) is 18.0 Å². The number of carbonyl (C=O) groups is 2. The monoisotopic (exact) mass is 347 g/mol. The number of nitrogens with zero attached hydrogens (tertiary/aromatic N) is 2. The van der Waals surface area contributed by atoms with Crippen LogP contribution in [0.1, 0.15) is 39.2 Å². The molecule has 6 heteroatoms. The average Bonchev–Trinajstić information content (AvgIpc) is 2.61. The Labute approximate surface area is 150 Å². The molecule has 0 aliphatic carbocycles. The molecule has 0 spiro atoms. The largest absolute Gasteiger partial charge is 0.450 e. The summed E-state index contributed by atoms with van der Waals surface area (Å²) in [6.07, 6.45) is -0.274. The van der Waals surface area contributed by atoms with Crippen LogP contribution in [0, 0.1) is 0 Å². The van der Waals surface area contributed by atoms with E-state index in [0.29, 0.717) is 38.7 Å². The van der Waals surface area contributed by atoms with Crippen molar-refractivity contribution >= 4 is 17.7 Å². The van der Waals surface area contributed by atoms with Crippen LogP contribution in [0.5, 0.6) is 0 Å². The topological polar surface area (TPSA) is 61.9 Å². The minimum absolute atomic E-state index is 0.0260. The Morgan fingerprint density at radius 2 is 1.68 bits per heavy atom. The minimum Gasteiger partial charge on any atom is -0.450 e. The number of hydrogen-bond donors (Lipinski definition) is 1. The highest BCUT2D eigenvalue weighted by Crippen LogP contribution is 2.18. The molecule has 1 heterocycles. The Morgan fingerprint density at radius 3 is 2.20 bits per heavy atom. The fourth-order valence-corrected chi connectivity index (χ4v) is 2.87. The maximum absolute atomic E-state index is 12.5. The smallest absolute Gasteiger partial charge is 0.409 e. The minimum atomic E-state index is -0.274. The lowest BCUT2D eigenvalue weighted by Gasteiger charge is -2.36. The van der Waals surface area contributed by atoms with Crippen LogP contribution in [0.3, 0.4) is 0 Å². The lowest BCUT2D eigenvalue weighted by Crippen LogP contribution is -2.54. The molecular weight excluding hydrogens is 318 g/mol. The summed E-state index contributed by atoms with van der Waals surface area (Å²) in [5.74, 6) is 0.446. The molecule has 1 aliphatic heterocycles. The van der Waals surface area contributed by atoms with Gasteiger partial charge in [-0.15, -0.1) is 0 Å². The van der Waals surface area contributed by atoms with Crippen LogP contribution in [0.15, 0.2) is 24.3 Å². The fraction of sp³-hybridized carbons (Fsp3) is 0.579. The van der Waals surface area contributed by atoms with Crippen LogP contribution in [0.4, 0.5) is 10.5 Å². The van der Waals surface area contributed by atoms with Gasteiger partial charge in [0.15, 0.2) is 0 Å². The number of ether oxygens (including phenoxy) is 1. The lowest BCUT2D eigenvalue weighted by atomic mass is 10.0. The summed E-state index contributed by atoms with van der Waals surface area (Å²) < 4.78 is 5.02. The molecule has 1 N–H and O–H groups in total. The predicted octanol–water partition coefficient (Wildman–Crippen LogP) is 2.91. The molecule has 1 atom stereocenters. The Hall–Kier alpha value is -2.08. The molecule has 1 unspecified atom stereocenters. The molecule has 0 bridgehead atoms. The van der Waals surface area contributed by atoms with Gasteiger partial charge in [0.1, 0.15) is 0 Å². The van der Waals surface area contributed by atoms with Gasteiger partial charge < -0.3 is 15.0 Å². The molecule has 1 aromatic rings. The number of rotatable bonds is 5. The van der Waals surface area contributed by atoms with Gasteiger partial charge in [-0.3, -0.25) is 9.69 Å². The number of amides is 2. The van der Waals surface area contributed by atoms with Gasteiger partial charge in [-0.25, -0.2) is 4.79 Å². The van der Waals surface area contributed by atoms with E-state index < -0.39 is 0 Å². The van der Waals surface area contributed by atoms with E-state index >= 15 is 0 Å². The van der Waals surface area contributed by atoms with Crippen molar-refractivity contribution in [2.45, 2.75) is 39.7 Å². The fourth-order valence-electron chi connectivity index (χ4n) is 2.87. The third-order valence-electron chi connectivity index (χ3n) is 4.61. The zero-order valence-corrected chi connectivity index (χ0v) is 15.6. The van der Waals surface area contributed by atoms with E-state index in [1.54, 1.807) is 11.8 Å². The molecule has 0 saturated carbocycles. The van der Waals surface area contributed by atoms with E-state index in [9.17, 15) is 9.59 Å². The maximum atomic E-state index is 12.5. The summed E-state index contributed by atoms with van der Waals surface area (Å²) >= 11 is 0. The molecule has 6 nitrogen and oxygen atoms in total.